The van der Waals surface area contributed by atoms with E-state index in [4.69, 9.17) is 0 Å². The van der Waals surface area contributed by atoms with E-state index in [1.54, 1.807) is 12.1 Å². The Balaban J connectivity index is 2.11. The van der Waals surface area contributed by atoms with Crippen molar-refractivity contribution >= 4 is 5.69 Å². The Morgan fingerprint density at radius 3 is 2.50 bits per heavy atom. The SMILES string of the molecule is CCNCC1CCCCN1c1ccc(C(F)(F)F)cc1. The molecule has 1 aliphatic rings. The summed E-state index contributed by atoms with van der Waals surface area (Å²) in [5.74, 6) is 0. The van der Waals surface area contributed by atoms with Gasteiger partial charge in [0.2, 0.25) is 0 Å². The maximum absolute atomic E-state index is 12.6. The third kappa shape index (κ3) is 3.66. The molecule has 0 bridgehead atoms. The Labute approximate surface area is 118 Å². The van der Waals surface area contributed by atoms with Gasteiger partial charge in [0.1, 0.15) is 0 Å². The molecule has 0 aliphatic carbocycles. The summed E-state index contributed by atoms with van der Waals surface area (Å²) in [7, 11) is 0. The van der Waals surface area contributed by atoms with Gasteiger partial charge in [0.25, 0.3) is 0 Å². The Morgan fingerprint density at radius 2 is 1.90 bits per heavy atom. The van der Waals surface area contributed by atoms with E-state index in [1.807, 2.05) is 0 Å². The predicted octanol–water partition coefficient (Wildman–Crippen LogP) is 3.67. The highest BCUT2D eigenvalue weighted by Gasteiger charge is 2.30. The average molecular weight is 286 g/mol. The molecule has 1 fully saturated rings. The summed E-state index contributed by atoms with van der Waals surface area (Å²) < 4.78 is 37.7. The number of piperidine rings is 1. The smallest absolute Gasteiger partial charge is 0.367 e. The average Bonchev–Trinajstić information content (AvgIpc) is 2.45. The third-order valence-corrected chi connectivity index (χ3v) is 3.78. The maximum atomic E-state index is 12.6. The molecule has 1 aliphatic heterocycles. The molecule has 0 radical (unpaired) electrons. The fourth-order valence-electron chi connectivity index (χ4n) is 2.71. The normalized spacial score (nSPS) is 20.2. The first-order chi connectivity index (χ1) is 9.52. The number of hydrogen-bond donors (Lipinski definition) is 1. The lowest BCUT2D eigenvalue weighted by atomic mass is 10.0. The summed E-state index contributed by atoms with van der Waals surface area (Å²) in [5, 5.41) is 3.33. The van der Waals surface area contributed by atoms with Crippen LogP contribution >= 0.6 is 0 Å². The van der Waals surface area contributed by atoms with Crippen LogP contribution in [0.15, 0.2) is 24.3 Å². The van der Waals surface area contributed by atoms with Crippen molar-refractivity contribution in [3.63, 3.8) is 0 Å². The number of hydrogen-bond acceptors (Lipinski definition) is 2. The summed E-state index contributed by atoms with van der Waals surface area (Å²) in [6.45, 7) is 4.78. The monoisotopic (exact) mass is 286 g/mol. The second kappa shape index (κ2) is 6.48. The van der Waals surface area contributed by atoms with Gasteiger partial charge in [-0.15, -0.1) is 0 Å². The largest absolute Gasteiger partial charge is 0.416 e. The number of nitrogens with one attached hydrogen (secondary N) is 1. The molecule has 1 saturated heterocycles. The summed E-state index contributed by atoms with van der Waals surface area (Å²) in [6, 6.07) is 5.91. The van der Waals surface area contributed by atoms with Crippen LogP contribution in [0.4, 0.5) is 18.9 Å². The van der Waals surface area contributed by atoms with Gasteiger partial charge >= 0.3 is 6.18 Å². The van der Waals surface area contributed by atoms with Gasteiger partial charge in [0.05, 0.1) is 5.56 Å². The Morgan fingerprint density at radius 1 is 1.20 bits per heavy atom. The van der Waals surface area contributed by atoms with Gasteiger partial charge in [0.15, 0.2) is 0 Å². The minimum atomic E-state index is -4.26. The standard InChI is InChI=1S/C15H21F3N2/c1-2-19-11-14-5-3-4-10-20(14)13-8-6-12(7-9-13)15(16,17)18/h6-9,14,19H,2-5,10-11H2,1H3. The molecule has 1 unspecified atom stereocenters. The van der Waals surface area contributed by atoms with Gasteiger partial charge < -0.3 is 10.2 Å². The highest BCUT2D eigenvalue weighted by atomic mass is 19.4. The summed E-state index contributed by atoms with van der Waals surface area (Å²) >= 11 is 0. The van der Waals surface area contributed by atoms with Crippen LogP contribution in [0.25, 0.3) is 0 Å². The topological polar surface area (TPSA) is 15.3 Å². The van der Waals surface area contributed by atoms with E-state index in [9.17, 15) is 13.2 Å². The Kier molecular flexibility index (Phi) is 4.91. The highest BCUT2D eigenvalue weighted by Crippen LogP contribution is 2.32. The van der Waals surface area contributed by atoms with Gasteiger partial charge in [-0.05, 0) is 50.1 Å². The molecule has 0 aromatic heterocycles. The fourth-order valence-corrected chi connectivity index (χ4v) is 2.71. The fraction of sp³-hybridized carbons (Fsp3) is 0.600. The van der Waals surface area contributed by atoms with Crippen molar-refractivity contribution in [2.45, 2.75) is 38.4 Å². The van der Waals surface area contributed by atoms with E-state index in [-0.39, 0.29) is 0 Å². The van der Waals surface area contributed by atoms with Crippen LogP contribution < -0.4 is 10.2 Å². The summed E-state index contributed by atoms with van der Waals surface area (Å²) in [5.41, 5.74) is 0.307. The molecule has 1 aromatic rings. The number of benzene rings is 1. The first-order valence-corrected chi connectivity index (χ1v) is 7.17. The lowest BCUT2D eigenvalue weighted by Crippen LogP contribution is -2.45. The zero-order valence-electron chi connectivity index (χ0n) is 11.7. The Hall–Kier alpha value is -1.23. The molecular weight excluding hydrogens is 265 g/mol. The van der Waals surface area contributed by atoms with Gasteiger partial charge in [-0.1, -0.05) is 6.92 Å². The molecule has 5 heteroatoms. The highest BCUT2D eigenvalue weighted by molar-refractivity contribution is 5.49. The second-order valence-electron chi connectivity index (χ2n) is 5.20. The van der Waals surface area contributed by atoms with Gasteiger partial charge in [-0.2, -0.15) is 13.2 Å². The zero-order chi connectivity index (χ0) is 14.6. The number of likely N-dealkylation sites (N-methyl/N-ethyl adjacent to an activating group) is 1. The van der Waals surface area contributed by atoms with Crippen molar-refractivity contribution in [2.24, 2.45) is 0 Å². The lowest BCUT2D eigenvalue weighted by molar-refractivity contribution is -0.137. The number of alkyl halides is 3. The van der Waals surface area contributed by atoms with Crippen LogP contribution in [-0.4, -0.2) is 25.7 Å². The van der Waals surface area contributed by atoms with E-state index < -0.39 is 11.7 Å². The summed E-state index contributed by atoms with van der Waals surface area (Å²) in [4.78, 5) is 2.23. The second-order valence-corrected chi connectivity index (χ2v) is 5.20. The maximum Gasteiger partial charge on any atom is 0.416 e. The van der Waals surface area contributed by atoms with Crippen molar-refractivity contribution in [3.8, 4) is 0 Å². The molecular formula is C15H21F3N2. The number of halogens is 3. The van der Waals surface area contributed by atoms with Crippen LogP contribution in [0.5, 0.6) is 0 Å². The van der Waals surface area contributed by atoms with Gasteiger partial charge in [-0.3, -0.25) is 0 Å². The minimum absolute atomic E-state index is 0.375. The van der Waals surface area contributed by atoms with Crippen molar-refractivity contribution in [1.82, 2.24) is 5.32 Å². The van der Waals surface area contributed by atoms with E-state index in [2.05, 4.69) is 17.1 Å². The molecule has 112 valence electrons. The molecule has 1 aromatic carbocycles. The third-order valence-electron chi connectivity index (χ3n) is 3.78. The van der Waals surface area contributed by atoms with Gasteiger partial charge in [-0.25, -0.2) is 0 Å². The lowest BCUT2D eigenvalue weighted by Gasteiger charge is -2.38. The molecule has 2 rings (SSSR count). The zero-order valence-corrected chi connectivity index (χ0v) is 11.7. The molecule has 0 amide bonds. The van der Waals surface area contributed by atoms with Crippen LogP contribution in [0.2, 0.25) is 0 Å². The van der Waals surface area contributed by atoms with Crippen LogP contribution in [-0.2, 0) is 6.18 Å². The van der Waals surface area contributed by atoms with E-state index >= 15 is 0 Å². The number of anilines is 1. The number of nitrogens with zero attached hydrogens (tertiary/aromatic N) is 1. The quantitative estimate of drug-likeness (QED) is 0.908. The van der Waals surface area contributed by atoms with E-state index in [1.165, 1.54) is 18.6 Å². The van der Waals surface area contributed by atoms with Crippen molar-refractivity contribution in [1.29, 1.82) is 0 Å². The molecule has 20 heavy (non-hydrogen) atoms. The van der Waals surface area contributed by atoms with Crippen molar-refractivity contribution < 1.29 is 13.2 Å². The van der Waals surface area contributed by atoms with Crippen molar-refractivity contribution in [3.05, 3.63) is 29.8 Å². The van der Waals surface area contributed by atoms with Crippen LogP contribution in [0.3, 0.4) is 0 Å². The van der Waals surface area contributed by atoms with E-state index in [0.29, 0.717) is 6.04 Å². The van der Waals surface area contributed by atoms with Crippen LogP contribution in [0.1, 0.15) is 31.7 Å². The molecule has 1 N–H and O–H groups in total. The number of rotatable bonds is 4. The van der Waals surface area contributed by atoms with E-state index in [0.717, 1.165) is 38.2 Å². The summed E-state index contributed by atoms with van der Waals surface area (Å²) in [6.07, 6.45) is -0.880. The molecule has 1 atom stereocenters. The first kappa shape index (κ1) is 15.2. The van der Waals surface area contributed by atoms with Crippen LogP contribution in [0, 0.1) is 0 Å². The predicted molar refractivity (Wildman–Crippen MR) is 75.0 cm³/mol. The molecule has 1 heterocycles. The Bertz CT molecular complexity index is 414. The molecule has 0 saturated carbocycles. The molecule has 2 nitrogen and oxygen atoms in total. The molecule has 0 spiro atoms. The minimum Gasteiger partial charge on any atom is -0.367 e. The van der Waals surface area contributed by atoms with Crippen molar-refractivity contribution in [2.75, 3.05) is 24.5 Å². The first-order valence-electron chi connectivity index (χ1n) is 7.17. The van der Waals surface area contributed by atoms with Gasteiger partial charge in [0, 0.05) is 24.8 Å².